The number of rotatable bonds is 2. The van der Waals surface area contributed by atoms with Crippen LogP contribution in [0.2, 0.25) is 0 Å². The van der Waals surface area contributed by atoms with Gasteiger partial charge in [-0.15, -0.1) is 5.10 Å². The van der Waals surface area contributed by atoms with E-state index >= 15 is 0 Å². The molecule has 0 saturated heterocycles. The summed E-state index contributed by atoms with van der Waals surface area (Å²) in [4.78, 5) is 5.81. The standard InChI is InChI=1S/C2H4N4O3S.Na.H/c7-10(8,9)5-6-2-3-1-4-6;;/h1-2,5H,(H,7,8,9);;/q;+1;-1. The van der Waals surface area contributed by atoms with Gasteiger partial charge in [-0.05, 0) is 0 Å². The summed E-state index contributed by atoms with van der Waals surface area (Å²) in [7, 11) is -4.24. The van der Waals surface area contributed by atoms with E-state index in [9.17, 15) is 8.42 Å². The molecule has 1 rings (SSSR count). The van der Waals surface area contributed by atoms with Crippen LogP contribution >= 0.6 is 0 Å². The molecule has 1 aromatic rings. The summed E-state index contributed by atoms with van der Waals surface area (Å²) in [6.07, 6.45) is 2.21. The molecule has 1 heterocycles. The van der Waals surface area contributed by atoms with Crippen molar-refractivity contribution in [3.63, 3.8) is 0 Å². The molecule has 11 heavy (non-hydrogen) atoms. The average Bonchev–Trinajstić information content (AvgIpc) is 2.12. The van der Waals surface area contributed by atoms with Gasteiger partial charge in [0.2, 0.25) is 0 Å². The van der Waals surface area contributed by atoms with E-state index in [-0.39, 0.29) is 31.0 Å². The van der Waals surface area contributed by atoms with Gasteiger partial charge >= 0.3 is 39.9 Å². The summed E-state index contributed by atoms with van der Waals surface area (Å²) < 4.78 is 28.3. The number of aromatic nitrogens is 3. The fourth-order valence-corrected chi connectivity index (χ4v) is 0.704. The van der Waals surface area contributed by atoms with E-state index in [1.54, 1.807) is 4.83 Å². The molecule has 7 nitrogen and oxygen atoms in total. The van der Waals surface area contributed by atoms with Gasteiger partial charge in [-0.1, -0.05) is 0 Å². The van der Waals surface area contributed by atoms with Gasteiger partial charge in [0, 0.05) is 0 Å². The van der Waals surface area contributed by atoms with E-state index in [1.807, 2.05) is 0 Å². The molecular formula is C2H5N4NaO3S. The molecule has 0 bridgehead atoms. The molecule has 0 aliphatic rings. The molecule has 0 amide bonds. The van der Waals surface area contributed by atoms with Crippen LogP contribution in [0.1, 0.15) is 1.43 Å². The molecule has 0 aliphatic carbocycles. The third kappa shape index (κ3) is 4.32. The van der Waals surface area contributed by atoms with Gasteiger partial charge in [0.1, 0.15) is 12.7 Å². The van der Waals surface area contributed by atoms with Crippen molar-refractivity contribution in [1.29, 1.82) is 0 Å². The second kappa shape index (κ2) is 4.02. The van der Waals surface area contributed by atoms with E-state index in [2.05, 4.69) is 10.1 Å². The number of hydrogen-bond donors (Lipinski definition) is 2. The SMILES string of the molecule is O=S(=O)(O)Nn1cncn1.[H-].[Na+]. The molecular weight excluding hydrogens is 183 g/mol. The largest absolute Gasteiger partial charge is 1.00 e. The Morgan fingerprint density at radius 3 is 2.64 bits per heavy atom. The molecule has 0 atom stereocenters. The maximum Gasteiger partial charge on any atom is 1.00 e. The van der Waals surface area contributed by atoms with Crippen LogP contribution in [-0.2, 0) is 10.3 Å². The van der Waals surface area contributed by atoms with Crippen LogP contribution in [0.5, 0.6) is 0 Å². The molecule has 0 aliphatic heterocycles. The van der Waals surface area contributed by atoms with Gasteiger partial charge in [0.25, 0.3) is 0 Å². The Bertz CT molecular complexity index is 298. The smallest absolute Gasteiger partial charge is 1.00 e. The van der Waals surface area contributed by atoms with E-state index in [4.69, 9.17) is 4.55 Å². The molecule has 9 heteroatoms. The van der Waals surface area contributed by atoms with Crippen molar-refractivity contribution in [3.05, 3.63) is 12.7 Å². The first-order valence-corrected chi connectivity index (χ1v) is 3.62. The molecule has 58 valence electrons. The van der Waals surface area contributed by atoms with Crippen molar-refractivity contribution in [2.45, 2.75) is 0 Å². The number of hydrogen-bond acceptors (Lipinski definition) is 4. The van der Waals surface area contributed by atoms with Crippen molar-refractivity contribution in [1.82, 2.24) is 14.9 Å². The summed E-state index contributed by atoms with van der Waals surface area (Å²) >= 11 is 0. The predicted molar refractivity (Wildman–Crippen MR) is 32.0 cm³/mol. The Kier molecular flexibility index (Phi) is 3.97. The Labute approximate surface area is 86.4 Å². The van der Waals surface area contributed by atoms with Crippen LogP contribution in [0.25, 0.3) is 0 Å². The van der Waals surface area contributed by atoms with E-state index in [1.165, 1.54) is 0 Å². The first-order chi connectivity index (χ1) is 4.58. The summed E-state index contributed by atoms with van der Waals surface area (Å²) in [5.41, 5.74) is 0. The normalized spacial score (nSPS) is 10.3. The minimum absolute atomic E-state index is 0. The van der Waals surface area contributed by atoms with Crippen LogP contribution in [-0.4, -0.2) is 27.8 Å². The third-order valence-corrected chi connectivity index (χ3v) is 1.05. The zero-order valence-electron chi connectivity index (χ0n) is 6.67. The van der Waals surface area contributed by atoms with Gasteiger partial charge < -0.3 is 1.43 Å². The van der Waals surface area contributed by atoms with Gasteiger partial charge in [-0.2, -0.15) is 18.0 Å². The van der Waals surface area contributed by atoms with Crippen molar-refractivity contribution < 1.29 is 44.0 Å². The molecule has 0 saturated carbocycles. The zero-order chi connectivity index (χ0) is 7.61. The third-order valence-electron chi connectivity index (χ3n) is 0.628. The number of nitrogens with one attached hydrogen (secondary N) is 1. The fourth-order valence-electron chi connectivity index (χ4n) is 0.374. The minimum Gasteiger partial charge on any atom is -1.00 e. The summed E-state index contributed by atoms with van der Waals surface area (Å²) in [6.45, 7) is 0. The quantitative estimate of drug-likeness (QED) is 0.362. The maximum atomic E-state index is 10.1. The molecule has 0 aromatic carbocycles. The van der Waals surface area contributed by atoms with Crippen molar-refractivity contribution in [2.75, 3.05) is 4.83 Å². The molecule has 0 unspecified atom stereocenters. The van der Waals surface area contributed by atoms with E-state index in [0.717, 1.165) is 17.4 Å². The number of nitrogens with zero attached hydrogens (tertiary/aromatic N) is 3. The van der Waals surface area contributed by atoms with Crippen molar-refractivity contribution in [3.8, 4) is 0 Å². The van der Waals surface area contributed by atoms with Gasteiger partial charge in [0.05, 0.1) is 0 Å². The first kappa shape index (κ1) is 10.8. The monoisotopic (exact) mass is 188 g/mol. The topological polar surface area (TPSA) is 97.1 Å². The van der Waals surface area contributed by atoms with Crippen molar-refractivity contribution >= 4 is 10.3 Å². The van der Waals surface area contributed by atoms with Crippen LogP contribution in [0.3, 0.4) is 0 Å². The molecule has 0 radical (unpaired) electrons. The van der Waals surface area contributed by atoms with Gasteiger partial charge in [-0.25, -0.2) is 4.98 Å². The van der Waals surface area contributed by atoms with Crippen LogP contribution < -0.4 is 34.4 Å². The Morgan fingerprint density at radius 2 is 2.27 bits per heavy atom. The second-order valence-electron chi connectivity index (χ2n) is 1.41. The maximum absolute atomic E-state index is 10.1. The fraction of sp³-hybridized carbons (Fsp3) is 0. The summed E-state index contributed by atoms with van der Waals surface area (Å²) in [5, 5.41) is 3.36. The first-order valence-electron chi connectivity index (χ1n) is 2.18. The van der Waals surface area contributed by atoms with Crippen LogP contribution in [0, 0.1) is 0 Å². The average molecular weight is 188 g/mol. The van der Waals surface area contributed by atoms with Gasteiger partial charge in [0.15, 0.2) is 0 Å². The summed E-state index contributed by atoms with van der Waals surface area (Å²) in [5.74, 6) is 0. The second-order valence-corrected chi connectivity index (χ2v) is 2.54. The Morgan fingerprint density at radius 1 is 1.64 bits per heavy atom. The van der Waals surface area contributed by atoms with E-state index in [0.29, 0.717) is 0 Å². The van der Waals surface area contributed by atoms with Crippen LogP contribution in [0.4, 0.5) is 0 Å². The minimum atomic E-state index is -4.24. The predicted octanol–water partition coefficient (Wildman–Crippen LogP) is -4.26. The molecule has 0 spiro atoms. The summed E-state index contributed by atoms with van der Waals surface area (Å²) in [6, 6.07) is 0. The molecule has 0 fully saturated rings. The molecule has 1 aromatic heterocycles. The van der Waals surface area contributed by atoms with E-state index < -0.39 is 10.3 Å². The van der Waals surface area contributed by atoms with Crippen LogP contribution in [0.15, 0.2) is 12.7 Å². The Hall–Kier alpha value is -0.150. The zero-order valence-corrected chi connectivity index (χ0v) is 8.48. The Balaban J connectivity index is 0. The molecule has 2 N–H and O–H groups in total. The van der Waals surface area contributed by atoms with Crippen molar-refractivity contribution in [2.24, 2.45) is 0 Å². The van der Waals surface area contributed by atoms with Gasteiger partial charge in [-0.3, -0.25) is 4.55 Å².